The number of carboxylic acids is 1. The van der Waals surface area contributed by atoms with Crippen LogP contribution in [0.4, 0.5) is 4.79 Å². The summed E-state index contributed by atoms with van der Waals surface area (Å²) in [6, 6.07) is -0.224. The van der Waals surface area contributed by atoms with Crippen LogP contribution >= 0.6 is 0 Å². The molecule has 0 saturated carbocycles. The van der Waals surface area contributed by atoms with Crippen LogP contribution in [0.1, 0.15) is 26.7 Å². The molecule has 2 amide bonds. The van der Waals surface area contributed by atoms with Gasteiger partial charge in [-0.2, -0.15) is 0 Å². The fraction of sp³-hybridized carbons (Fsp3) is 0.833. The molecule has 104 valence electrons. The number of carbonyl (C=O) groups excluding carboxylic acids is 1. The summed E-state index contributed by atoms with van der Waals surface area (Å²) in [6.45, 7) is 4.91. The van der Waals surface area contributed by atoms with E-state index in [1.165, 1.54) is 0 Å². The Hall–Kier alpha value is -1.30. The number of nitrogens with zero attached hydrogens (tertiary/aromatic N) is 1. The zero-order chi connectivity index (χ0) is 13.7. The minimum absolute atomic E-state index is 0.223. The number of aliphatic hydroxyl groups is 1. The number of amides is 2. The topological polar surface area (TPSA) is 89.9 Å². The molecule has 0 aromatic carbocycles. The van der Waals surface area contributed by atoms with Crippen LogP contribution < -0.4 is 5.32 Å². The van der Waals surface area contributed by atoms with Gasteiger partial charge in [0.1, 0.15) is 0 Å². The number of rotatable bonds is 4. The van der Waals surface area contributed by atoms with Crippen LogP contribution in [-0.4, -0.2) is 52.9 Å². The number of aliphatic hydroxyl groups excluding tert-OH is 1. The Balaban J connectivity index is 2.27. The first kappa shape index (κ1) is 14.8. The molecule has 1 aliphatic heterocycles. The normalized spacial score (nSPS) is 25.6. The van der Waals surface area contributed by atoms with Gasteiger partial charge >= 0.3 is 12.0 Å². The van der Waals surface area contributed by atoms with Crippen molar-refractivity contribution in [3.05, 3.63) is 0 Å². The third kappa shape index (κ3) is 4.18. The maximum atomic E-state index is 11.8. The number of piperidine rings is 1. The Bertz CT molecular complexity index is 308. The van der Waals surface area contributed by atoms with Gasteiger partial charge < -0.3 is 20.4 Å². The molecule has 0 aliphatic carbocycles. The number of β-amino-alcohol motifs (C(OH)–C–C–N with tert-alkyl or cyclic N) is 1. The minimum atomic E-state index is -0.855. The summed E-state index contributed by atoms with van der Waals surface area (Å²) in [7, 11) is 0. The van der Waals surface area contributed by atoms with Gasteiger partial charge in [-0.05, 0) is 18.8 Å². The van der Waals surface area contributed by atoms with Crippen molar-refractivity contribution in [3.63, 3.8) is 0 Å². The molecule has 6 heteroatoms. The summed E-state index contributed by atoms with van der Waals surface area (Å²) in [5.74, 6) is -1.09. The number of nitrogens with one attached hydrogen (secondary N) is 1. The van der Waals surface area contributed by atoms with Gasteiger partial charge in [0.15, 0.2) is 0 Å². The molecule has 3 unspecified atom stereocenters. The second-order valence-electron chi connectivity index (χ2n) is 5.04. The van der Waals surface area contributed by atoms with Gasteiger partial charge in [-0.15, -0.1) is 0 Å². The van der Waals surface area contributed by atoms with Gasteiger partial charge in [0.25, 0.3) is 0 Å². The molecule has 1 heterocycles. The Morgan fingerprint density at radius 3 is 2.72 bits per heavy atom. The van der Waals surface area contributed by atoms with E-state index in [1.54, 1.807) is 11.8 Å². The fourth-order valence-electron chi connectivity index (χ4n) is 1.86. The van der Waals surface area contributed by atoms with Gasteiger partial charge in [0.2, 0.25) is 0 Å². The van der Waals surface area contributed by atoms with Crippen molar-refractivity contribution in [2.75, 3.05) is 19.6 Å². The maximum absolute atomic E-state index is 11.8. The zero-order valence-electron chi connectivity index (χ0n) is 10.9. The van der Waals surface area contributed by atoms with E-state index >= 15 is 0 Å². The second kappa shape index (κ2) is 6.58. The summed E-state index contributed by atoms with van der Waals surface area (Å²) in [5.41, 5.74) is 0. The molecule has 0 aromatic heterocycles. The summed E-state index contributed by atoms with van der Waals surface area (Å²) in [5, 5.41) is 21.1. The molecular formula is C12H22N2O4. The molecule has 3 atom stereocenters. The van der Waals surface area contributed by atoms with Gasteiger partial charge in [-0.1, -0.05) is 13.8 Å². The molecule has 1 fully saturated rings. The Morgan fingerprint density at radius 1 is 1.50 bits per heavy atom. The van der Waals surface area contributed by atoms with E-state index < -0.39 is 18.0 Å². The molecule has 0 bridgehead atoms. The lowest BCUT2D eigenvalue weighted by atomic mass is 9.96. The van der Waals surface area contributed by atoms with Crippen molar-refractivity contribution in [1.29, 1.82) is 0 Å². The minimum Gasteiger partial charge on any atom is -0.481 e. The van der Waals surface area contributed by atoms with Crippen LogP contribution in [0.2, 0.25) is 0 Å². The second-order valence-corrected chi connectivity index (χ2v) is 5.04. The SMILES string of the molecule is CC(CCNC(=O)N1CCC(C)C(O)C1)C(=O)O. The molecular weight excluding hydrogens is 236 g/mol. The highest BCUT2D eigenvalue weighted by Gasteiger charge is 2.27. The Kier molecular flexibility index (Phi) is 5.40. The highest BCUT2D eigenvalue weighted by Crippen LogP contribution is 2.16. The Labute approximate surface area is 107 Å². The molecule has 0 aromatic rings. The lowest BCUT2D eigenvalue weighted by molar-refractivity contribution is -0.141. The van der Waals surface area contributed by atoms with Crippen LogP contribution in [0, 0.1) is 11.8 Å². The van der Waals surface area contributed by atoms with E-state index in [0.717, 1.165) is 6.42 Å². The number of carboxylic acid groups (broad SMARTS) is 1. The largest absolute Gasteiger partial charge is 0.481 e. The molecule has 6 nitrogen and oxygen atoms in total. The number of aliphatic carboxylic acids is 1. The predicted molar refractivity (Wildman–Crippen MR) is 66.2 cm³/mol. The molecule has 1 saturated heterocycles. The monoisotopic (exact) mass is 258 g/mol. The van der Waals surface area contributed by atoms with E-state index in [1.807, 2.05) is 6.92 Å². The van der Waals surface area contributed by atoms with E-state index in [9.17, 15) is 14.7 Å². The number of hydrogen-bond donors (Lipinski definition) is 3. The average molecular weight is 258 g/mol. The van der Waals surface area contributed by atoms with Crippen LogP contribution in [-0.2, 0) is 4.79 Å². The molecule has 3 N–H and O–H groups in total. The summed E-state index contributed by atoms with van der Waals surface area (Å²) < 4.78 is 0. The summed E-state index contributed by atoms with van der Waals surface area (Å²) in [6.07, 6.45) is 0.732. The lowest BCUT2D eigenvalue weighted by Crippen LogP contribution is -2.49. The summed E-state index contributed by atoms with van der Waals surface area (Å²) in [4.78, 5) is 23.9. The molecule has 1 rings (SSSR count). The van der Waals surface area contributed by atoms with Crippen molar-refractivity contribution >= 4 is 12.0 Å². The predicted octanol–water partition coefficient (Wildman–Crippen LogP) is 0.509. The van der Waals surface area contributed by atoms with Crippen LogP contribution in [0.5, 0.6) is 0 Å². The van der Waals surface area contributed by atoms with Crippen molar-refractivity contribution in [1.82, 2.24) is 10.2 Å². The molecule has 1 aliphatic rings. The van der Waals surface area contributed by atoms with E-state index in [4.69, 9.17) is 5.11 Å². The zero-order valence-corrected chi connectivity index (χ0v) is 10.9. The van der Waals surface area contributed by atoms with Crippen LogP contribution in [0.25, 0.3) is 0 Å². The van der Waals surface area contributed by atoms with Crippen molar-refractivity contribution in [2.24, 2.45) is 11.8 Å². The highest BCUT2D eigenvalue weighted by molar-refractivity contribution is 5.74. The van der Waals surface area contributed by atoms with Crippen molar-refractivity contribution in [3.8, 4) is 0 Å². The first-order chi connectivity index (χ1) is 8.41. The highest BCUT2D eigenvalue weighted by atomic mass is 16.4. The fourth-order valence-corrected chi connectivity index (χ4v) is 1.86. The van der Waals surface area contributed by atoms with E-state index in [2.05, 4.69) is 5.32 Å². The number of hydrogen-bond acceptors (Lipinski definition) is 3. The molecule has 0 spiro atoms. The van der Waals surface area contributed by atoms with Crippen LogP contribution in [0.3, 0.4) is 0 Å². The standard InChI is InChI=1S/C12H22N2O4/c1-8-4-6-14(7-10(8)15)12(18)13-5-3-9(2)11(16)17/h8-10,15H,3-7H2,1-2H3,(H,13,18)(H,16,17). The van der Waals surface area contributed by atoms with Crippen molar-refractivity contribution < 1.29 is 19.8 Å². The van der Waals surface area contributed by atoms with Crippen LogP contribution in [0.15, 0.2) is 0 Å². The van der Waals surface area contributed by atoms with E-state index in [0.29, 0.717) is 26.1 Å². The van der Waals surface area contributed by atoms with Crippen molar-refractivity contribution in [2.45, 2.75) is 32.8 Å². The number of likely N-dealkylation sites (tertiary alicyclic amines) is 1. The number of carbonyl (C=O) groups is 2. The first-order valence-electron chi connectivity index (χ1n) is 6.35. The van der Waals surface area contributed by atoms with Gasteiger partial charge in [-0.25, -0.2) is 4.79 Å². The molecule has 18 heavy (non-hydrogen) atoms. The number of urea groups is 1. The average Bonchev–Trinajstić information content (AvgIpc) is 2.32. The summed E-state index contributed by atoms with van der Waals surface area (Å²) >= 11 is 0. The quantitative estimate of drug-likeness (QED) is 0.685. The third-order valence-corrected chi connectivity index (χ3v) is 3.48. The molecule has 0 radical (unpaired) electrons. The van der Waals surface area contributed by atoms with E-state index in [-0.39, 0.29) is 11.9 Å². The smallest absolute Gasteiger partial charge is 0.317 e. The Morgan fingerprint density at radius 2 is 2.17 bits per heavy atom. The lowest BCUT2D eigenvalue weighted by Gasteiger charge is -2.34. The maximum Gasteiger partial charge on any atom is 0.317 e. The van der Waals surface area contributed by atoms with Gasteiger partial charge in [0.05, 0.1) is 12.0 Å². The van der Waals surface area contributed by atoms with Gasteiger partial charge in [-0.3, -0.25) is 4.79 Å². The first-order valence-corrected chi connectivity index (χ1v) is 6.35. The van der Waals surface area contributed by atoms with Gasteiger partial charge in [0, 0.05) is 19.6 Å². The third-order valence-electron chi connectivity index (χ3n) is 3.48.